The molecule has 2 aromatic carbocycles. The van der Waals surface area contributed by atoms with Gasteiger partial charge in [-0.15, -0.1) is 0 Å². The molecule has 0 unspecified atom stereocenters. The number of nitro benzene ring substituents is 1. The third-order valence-electron chi connectivity index (χ3n) is 2.96. The summed E-state index contributed by atoms with van der Waals surface area (Å²) in [5.74, 6) is 0.541. The Morgan fingerprint density at radius 3 is 2.41 bits per heavy atom. The van der Waals surface area contributed by atoms with Gasteiger partial charge in [-0.3, -0.25) is 14.9 Å². The molecule has 0 saturated carbocycles. The summed E-state index contributed by atoms with van der Waals surface area (Å²) in [4.78, 5) is 21.9. The molecule has 0 aliphatic carbocycles. The molecule has 0 heterocycles. The molecule has 1 N–H and O–H groups in total. The van der Waals surface area contributed by atoms with Crippen molar-refractivity contribution in [2.45, 2.75) is 6.42 Å². The lowest BCUT2D eigenvalue weighted by Gasteiger charge is -2.07. The molecule has 0 atom stereocenters. The normalized spacial score (nSPS) is 10.0. The van der Waals surface area contributed by atoms with Gasteiger partial charge in [0.25, 0.3) is 11.6 Å². The lowest BCUT2D eigenvalue weighted by Crippen LogP contribution is -2.25. The minimum atomic E-state index is -0.497. The smallest absolute Gasteiger partial charge is 0.269 e. The molecule has 0 aliphatic rings. The van der Waals surface area contributed by atoms with Crippen LogP contribution in [-0.4, -0.2) is 24.0 Å². The van der Waals surface area contributed by atoms with Gasteiger partial charge in [-0.2, -0.15) is 0 Å². The summed E-state index contributed by atoms with van der Waals surface area (Å²) in [5, 5.41) is 13.3. The van der Waals surface area contributed by atoms with Crippen LogP contribution in [0.3, 0.4) is 0 Å². The van der Waals surface area contributed by atoms with E-state index in [4.69, 9.17) is 4.74 Å². The SMILES string of the molecule is O=C(NCCCOc1ccccc1)c1ccc([N+](=O)[O-])cc1. The predicted molar refractivity (Wildman–Crippen MR) is 82.0 cm³/mol. The highest BCUT2D eigenvalue weighted by molar-refractivity contribution is 5.94. The van der Waals surface area contributed by atoms with E-state index in [2.05, 4.69) is 5.32 Å². The lowest BCUT2D eigenvalue weighted by atomic mass is 10.2. The fourth-order valence-corrected chi connectivity index (χ4v) is 1.82. The Bertz CT molecular complexity index is 626. The molecule has 0 fully saturated rings. The Morgan fingerprint density at radius 1 is 1.09 bits per heavy atom. The van der Waals surface area contributed by atoms with Crippen LogP contribution >= 0.6 is 0 Å². The van der Waals surface area contributed by atoms with E-state index in [0.717, 1.165) is 5.75 Å². The molecule has 2 rings (SSSR count). The largest absolute Gasteiger partial charge is 0.494 e. The number of amides is 1. The highest BCUT2D eigenvalue weighted by atomic mass is 16.6. The number of rotatable bonds is 7. The van der Waals surface area contributed by atoms with Gasteiger partial charge in [-0.1, -0.05) is 18.2 Å². The third-order valence-corrected chi connectivity index (χ3v) is 2.96. The van der Waals surface area contributed by atoms with Crippen molar-refractivity contribution in [1.29, 1.82) is 0 Å². The zero-order chi connectivity index (χ0) is 15.8. The van der Waals surface area contributed by atoms with Gasteiger partial charge in [0.2, 0.25) is 0 Å². The molecular weight excluding hydrogens is 284 g/mol. The topological polar surface area (TPSA) is 81.5 Å². The molecule has 0 aliphatic heterocycles. The van der Waals surface area contributed by atoms with E-state index < -0.39 is 4.92 Å². The second-order valence-corrected chi connectivity index (χ2v) is 4.57. The fraction of sp³-hybridized carbons (Fsp3) is 0.188. The summed E-state index contributed by atoms with van der Waals surface area (Å²) < 4.78 is 5.51. The average Bonchev–Trinajstić information content (AvgIpc) is 2.55. The standard InChI is InChI=1S/C16H16N2O4/c19-16(13-7-9-14(10-8-13)18(20)21)17-11-4-12-22-15-5-2-1-3-6-15/h1-3,5-10H,4,11-12H2,(H,17,19). The van der Waals surface area contributed by atoms with Gasteiger partial charge in [0.05, 0.1) is 11.5 Å². The van der Waals surface area contributed by atoms with Crippen molar-refractivity contribution >= 4 is 11.6 Å². The Balaban J connectivity index is 1.70. The monoisotopic (exact) mass is 300 g/mol. The number of nitrogens with one attached hydrogen (secondary N) is 1. The number of hydrogen-bond donors (Lipinski definition) is 1. The molecular formula is C16H16N2O4. The van der Waals surface area contributed by atoms with Crippen LogP contribution in [-0.2, 0) is 0 Å². The van der Waals surface area contributed by atoms with Crippen LogP contribution < -0.4 is 10.1 Å². The van der Waals surface area contributed by atoms with Crippen molar-refractivity contribution < 1.29 is 14.5 Å². The molecule has 22 heavy (non-hydrogen) atoms. The van der Waals surface area contributed by atoms with Crippen LogP contribution in [0.4, 0.5) is 5.69 Å². The number of ether oxygens (including phenoxy) is 1. The third kappa shape index (κ3) is 4.59. The molecule has 0 aromatic heterocycles. The number of carbonyl (C=O) groups excluding carboxylic acids is 1. The van der Waals surface area contributed by atoms with Crippen LogP contribution in [0.1, 0.15) is 16.8 Å². The van der Waals surface area contributed by atoms with Crippen molar-refractivity contribution in [2.24, 2.45) is 0 Å². The first-order valence-corrected chi connectivity index (χ1v) is 6.87. The zero-order valence-corrected chi connectivity index (χ0v) is 11.9. The van der Waals surface area contributed by atoms with Gasteiger partial charge in [-0.25, -0.2) is 0 Å². The fourth-order valence-electron chi connectivity index (χ4n) is 1.82. The number of nitrogens with zero attached hydrogens (tertiary/aromatic N) is 1. The summed E-state index contributed by atoms with van der Waals surface area (Å²) in [6.45, 7) is 0.979. The zero-order valence-electron chi connectivity index (χ0n) is 11.9. The van der Waals surface area contributed by atoms with Crippen molar-refractivity contribution in [1.82, 2.24) is 5.32 Å². The number of para-hydroxylation sites is 1. The number of non-ortho nitro benzene ring substituents is 1. The van der Waals surface area contributed by atoms with Crippen molar-refractivity contribution in [3.05, 3.63) is 70.3 Å². The summed E-state index contributed by atoms with van der Waals surface area (Å²) >= 11 is 0. The predicted octanol–water partition coefficient (Wildman–Crippen LogP) is 2.79. The van der Waals surface area contributed by atoms with Gasteiger partial charge in [0.1, 0.15) is 5.75 Å². The minimum absolute atomic E-state index is 0.0344. The van der Waals surface area contributed by atoms with Gasteiger partial charge in [0.15, 0.2) is 0 Å². The van der Waals surface area contributed by atoms with E-state index in [-0.39, 0.29) is 11.6 Å². The highest BCUT2D eigenvalue weighted by Crippen LogP contribution is 2.12. The van der Waals surface area contributed by atoms with Gasteiger partial charge in [-0.05, 0) is 30.7 Å². The van der Waals surface area contributed by atoms with Gasteiger partial charge in [0, 0.05) is 24.2 Å². The minimum Gasteiger partial charge on any atom is -0.494 e. The molecule has 0 saturated heterocycles. The highest BCUT2D eigenvalue weighted by Gasteiger charge is 2.08. The number of hydrogen-bond acceptors (Lipinski definition) is 4. The summed E-state index contributed by atoms with van der Waals surface area (Å²) in [6, 6.07) is 14.9. The average molecular weight is 300 g/mol. The Morgan fingerprint density at radius 2 is 1.77 bits per heavy atom. The first-order chi connectivity index (χ1) is 10.7. The second kappa shape index (κ2) is 7.78. The molecule has 114 valence electrons. The summed E-state index contributed by atoms with van der Waals surface area (Å²) in [5.41, 5.74) is 0.363. The van der Waals surface area contributed by atoms with Crippen LogP contribution in [0.15, 0.2) is 54.6 Å². The Hall–Kier alpha value is -2.89. The van der Waals surface area contributed by atoms with E-state index in [0.29, 0.717) is 25.1 Å². The Kier molecular flexibility index (Phi) is 5.48. The number of nitro groups is 1. The van der Waals surface area contributed by atoms with E-state index in [1.165, 1.54) is 24.3 Å². The van der Waals surface area contributed by atoms with Crippen molar-refractivity contribution in [3.8, 4) is 5.75 Å². The lowest BCUT2D eigenvalue weighted by molar-refractivity contribution is -0.384. The van der Waals surface area contributed by atoms with Crippen molar-refractivity contribution in [2.75, 3.05) is 13.2 Å². The van der Waals surface area contributed by atoms with Crippen molar-refractivity contribution in [3.63, 3.8) is 0 Å². The van der Waals surface area contributed by atoms with E-state index in [9.17, 15) is 14.9 Å². The summed E-state index contributed by atoms with van der Waals surface area (Å²) in [6.07, 6.45) is 0.674. The van der Waals surface area contributed by atoms with E-state index >= 15 is 0 Å². The quantitative estimate of drug-likeness (QED) is 0.484. The molecule has 0 spiro atoms. The van der Waals surface area contributed by atoms with E-state index in [1.807, 2.05) is 30.3 Å². The van der Waals surface area contributed by atoms with E-state index in [1.54, 1.807) is 0 Å². The second-order valence-electron chi connectivity index (χ2n) is 4.57. The van der Waals surface area contributed by atoms with Crippen LogP contribution in [0.25, 0.3) is 0 Å². The first-order valence-electron chi connectivity index (χ1n) is 6.87. The van der Waals surface area contributed by atoms with Crippen LogP contribution in [0, 0.1) is 10.1 Å². The molecule has 0 radical (unpaired) electrons. The maximum Gasteiger partial charge on any atom is 0.269 e. The molecule has 1 amide bonds. The Labute approximate surface area is 127 Å². The maximum atomic E-state index is 11.8. The molecule has 6 nitrogen and oxygen atoms in total. The molecule has 2 aromatic rings. The van der Waals surface area contributed by atoms with Gasteiger partial charge < -0.3 is 10.1 Å². The number of carbonyl (C=O) groups is 1. The summed E-state index contributed by atoms with van der Waals surface area (Å²) in [7, 11) is 0. The first kappa shape index (κ1) is 15.5. The van der Waals surface area contributed by atoms with Gasteiger partial charge >= 0.3 is 0 Å². The number of benzene rings is 2. The molecule has 0 bridgehead atoms. The van der Waals surface area contributed by atoms with Crippen LogP contribution in [0.5, 0.6) is 5.75 Å². The van der Waals surface area contributed by atoms with Crippen LogP contribution in [0.2, 0.25) is 0 Å². The molecule has 6 heteroatoms. The maximum absolute atomic E-state index is 11.8.